The molecule has 3 rings (SSSR count). The lowest BCUT2D eigenvalue weighted by atomic mass is 10.1. The Balaban J connectivity index is 1.72. The Kier molecular flexibility index (Phi) is 7.50. The Bertz CT molecular complexity index is 1150. The Morgan fingerprint density at radius 2 is 1.66 bits per heavy atom. The Labute approximate surface area is 189 Å². The van der Waals surface area contributed by atoms with Gasteiger partial charge < -0.3 is 15.0 Å². The number of likely N-dealkylation sites (N-methyl/N-ethyl adjacent to an activating group) is 1. The third kappa shape index (κ3) is 5.87. The number of carbonyl (C=O) groups is 1. The second-order valence-corrected chi connectivity index (χ2v) is 9.14. The summed E-state index contributed by atoms with van der Waals surface area (Å²) in [7, 11) is 1.57. The topological polar surface area (TPSA) is 87.7 Å². The van der Waals surface area contributed by atoms with Gasteiger partial charge in [0.25, 0.3) is 15.9 Å². The molecule has 3 aromatic rings. The van der Waals surface area contributed by atoms with E-state index in [1.807, 2.05) is 49.3 Å². The fourth-order valence-corrected chi connectivity index (χ4v) is 4.35. The van der Waals surface area contributed by atoms with Crippen molar-refractivity contribution in [1.29, 1.82) is 0 Å². The highest BCUT2D eigenvalue weighted by atomic mass is 32.2. The molecule has 0 spiro atoms. The van der Waals surface area contributed by atoms with Crippen LogP contribution in [0.4, 0.5) is 5.69 Å². The van der Waals surface area contributed by atoms with Gasteiger partial charge in [0.1, 0.15) is 5.75 Å². The van der Waals surface area contributed by atoms with Gasteiger partial charge in [-0.1, -0.05) is 36.4 Å². The molecule has 0 saturated heterocycles. The highest BCUT2D eigenvalue weighted by Gasteiger charge is 2.19. The van der Waals surface area contributed by atoms with Crippen molar-refractivity contribution in [3.63, 3.8) is 0 Å². The van der Waals surface area contributed by atoms with Crippen LogP contribution in [-0.4, -0.2) is 47.0 Å². The van der Waals surface area contributed by atoms with E-state index >= 15 is 0 Å². The summed E-state index contributed by atoms with van der Waals surface area (Å²) in [4.78, 5) is 14.8. The predicted octanol–water partition coefficient (Wildman–Crippen LogP) is 3.53. The summed E-state index contributed by atoms with van der Waals surface area (Å²) in [6.45, 7) is 0.386. The quantitative estimate of drug-likeness (QED) is 0.518. The van der Waals surface area contributed by atoms with Crippen molar-refractivity contribution in [1.82, 2.24) is 10.2 Å². The summed E-state index contributed by atoms with van der Waals surface area (Å²) in [5, 5.41) is 2.91. The van der Waals surface area contributed by atoms with E-state index in [9.17, 15) is 13.2 Å². The van der Waals surface area contributed by atoms with Crippen LogP contribution in [0.1, 0.15) is 22.0 Å². The van der Waals surface area contributed by atoms with Gasteiger partial charge in [-0.25, -0.2) is 8.42 Å². The molecule has 0 saturated carbocycles. The molecule has 2 N–H and O–H groups in total. The van der Waals surface area contributed by atoms with Crippen molar-refractivity contribution in [3.8, 4) is 5.75 Å². The Morgan fingerprint density at radius 1 is 0.969 bits per heavy atom. The Morgan fingerprint density at radius 3 is 2.28 bits per heavy atom. The Hall–Kier alpha value is -3.36. The molecule has 3 aromatic carbocycles. The number of hydrogen-bond acceptors (Lipinski definition) is 5. The van der Waals surface area contributed by atoms with Gasteiger partial charge in [0, 0.05) is 17.8 Å². The molecule has 168 valence electrons. The van der Waals surface area contributed by atoms with Crippen LogP contribution < -0.4 is 14.8 Å². The number of hydrogen-bond donors (Lipinski definition) is 2. The van der Waals surface area contributed by atoms with E-state index in [-0.39, 0.29) is 22.4 Å². The molecular weight excluding hydrogens is 426 g/mol. The van der Waals surface area contributed by atoms with Gasteiger partial charge in [0.15, 0.2) is 0 Å². The molecular formula is C24H27N3O4S. The van der Waals surface area contributed by atoms with Gasteiger partial charge in [-0.3, -0.25) is 9.52 Å². The highest BCUT2D eigenvalue weighted by molar-refractivity contribution is 7.92. The van der Waals surface area contributed by atoms with Crippen molar-refractivity contribution < 1.29 is 17.9 Å². The minimum atomic E-state index is -3.86. The van der Waals surface area contributed by atoms with Crippen LogP contribution in [0.2, 0.25) is 0 Å². The van der Waals surface area contributed by atoms with Crippen LogP contribution in [0.3, 0.4) is 0 Å². The molecule has 32 heavy (non-hydrogen) atoms. The first-order valence-corrected chi connectivity index (χ1v) is 11.5. The number of amides is 1. The smallest absolute Gasteiger partial charge is 0.261 e. The molecule has 0 aliphatic heterocycles. The number of anilines is 1. The van der Waals surface area contributed by atoms with Crippen molar-refractivity contribution in [3.05, 3.63) is 90.0 Å². The molecule has 0 radical (unpaired) electrons. The molecule has 0 unspecified atom stereocenters. The van der Waals surface area contributed by atoms with Crippen LogP contribution in [0.5, 0.6) is 5.75 Å². The lowest BCUT2D eigenvalue weighted by molar-refractivity contribution is 0.0941. The zero-order chi connectivity index (χ0) is 23.1. The third-order valence-corrected chi connectivity index (χ3v) is 6.39. The molecule has 8 heteroatoms. The summed E-state index contributed by atoms with van der Waals surface area (Å²) in [6.07, 6.45) is 0. The molecule has 0 fully saturated rings. The summed E-state index contributed by atoms with van der Waals surface area (Å²) < 4.78 is 33.2. The van der Waals surface area contributed by atoms with Crippen LogP contribution in [0, 0.1) is 0 Å². The van der Waals surface area contributed by atoms with E-state index in [1.54, 1.807) is 36.4 Å². The third-order valence-electron chi connectivity index (χ3n) is 5.01. The van der Waals surface area contributed by atoms with E-state index in [1.165, 1.54) is 19.2 Å². The van der Waals surface area contributed by atoms with Gasteiger partial charge in [0.05, 0.1) is 18.0 Å². The van der Waals surface area contributed by atoms with E-state index in [0.717, 1.165) is 5.56 Å². The second-order valence-electron chi connectivity index (χ2n) is 7.46. The van der Waals surface area contributed by atoms with Crippen molar-refractivity contribution in [2.45, 2.75) is 10.9 Å². The van der Waals surface area contributed by atoms with Crippen LogP contribution in [0.25, 0.3) is 0 Å². The van der Waals surface area contributed by atoms with E-state index in [0.29, 0.717) is 18.0 Å². The molecule has 1 atom stereocenters. The minimum absolute atomic E-state index is 0.00758. The average Bonchev–Trinajstić information content (AvgIpc) is 2.80. The maximum absolute atomic E-state index is 12.8. The highest BCUT2D eigenvalue weighted by Crippen LogP contribution is 2.21. The number of methoxy groups -OCH3 is 1. The number of nitrogens with zero attached hydrogens (tertiary/aromatic N) is 1. The first-order valence-electron chi connectivity index (χ1n) is 10.1. The average molecular weight is 454 g/mol. The maximum Gasteiger partial charge on any atom is 0.261 e. The molecule has 7 nitrogen and oxygen atoms in total. The van der Waals surface area contributed by atoms with Crippen LogP contribution >= 0.6 is 0 Å². The van der Waals surface area contributed by atoms with Crippen molar-refractivity contribution in [2.24, 2.45) is 0 Å². The number of rotatable bonds is 9. The largest absolute Gasteiger partial charge is 0.497 e. The lowest BCUT2D eigenvalue weighted by Crippen LogP contribution is -2.34. The van der Waals surface area contributed by atoms with Crippen molar-refractivity contribution in [2.75, 3.05) is 32.5 Å². The number of carbonyl (C=O) groups excluding carboxylic acids is 1. The fraction of sp³-hybridized carbons (Fsp3) is 0.208. The molecule has 1 amide bonds. The number of benzene rings is 3. The summed E-state index contributed by atoms with van der Waals surface area (Å²) in [5.41, 5.74) is 1.75. The molecule has 0 aromatic heterocycles. The second kappa shape index (κ2) is 10.3. The van der Waals surface area contributed by atoms with Crippen molar-refractivity contribution >= 4 is 21.6 Å². The summed E-state index contributed by atoms with van der Waals surface area (Å²) in [5.74, 6) is 0.285. The summed E-state index contributed by atoms with van der Waals surface area (Å²) in [6, 6.07) is 22.4. The minimum Gasteiger partial charge on any atom is -0.497 e. The molecule has 0 bridgehead atoms. The van der Waals surface area contributed by atoms with Gasteiger partial charge >= 0.3 is 0 Å². The normalized spacial score (nSPS) is 12.2. The first-order chi connectivity index (χ1) is 15.3. The molecule has 0 heterocycles. The zero-order valence-electron chi connectivity index (χ0n) is 18.3. The lowest BCUT2D eigenvalue weighted by Gasteiger charge is -2.25. The van der Waals surface area contributed by atoms with Gasteiger partial charge in [-0.15, -0.1) is 0 Å². The number of ether oxygens (including phenoxy) is 1. The SMILES string of the molecule is COc1ccc(NS(=O)(=O)c2cccc(C(=O)NC[C@H](c3ccccc3)N(C)C)c2)cc1. The van der Waals surface area contributed by atoms with E-state index in [4.69, 9.17) is 4.74 Å². The van der Waals surface area contributed by atoms with Gasteiger partial charge in [-0.2, -0.15) is 0 Å². The first kappa shape index (κ1) is 23.3. The zero-order valence-corrected chi connectivity index (χ0v) is 19.1. The maximum atomic E-state index is 12.8. The monoisotopic (exact) mass is 453 g/mol. The molecule has 0 aliphatic carbocycles. The van der Waals surface area contributed by atoms with Crippen LogP contribution in [-0.2, 0) is 10.0 Å². The summed E-state index contributed by atoms with van der Waals surface area (Å²) >= 11 is 0. The molecule has 0 aliphatic rings. The van der Waals surface area contributed by atoms with Crippen LogP contribution in [0.15, 0.2) is 83.8 Å². The number of nitrogens with one attached hydrogen (secondary N) is 2. The number of sulfonamides is 1. The van der Waals surface area contributed by atoms with E-state index < -0.39 is 10.0 Å². The standard InChI is InChI=1S/C24H27N3O4S/c1-27(2)23(18-8-5-4-6-9-18)17-25-24(28)19-10-7-11-22(16-19)32(29,30)26-20-12-14-21(31-3)15-13-20/h4-16,23,26H,17H2,1-3H3,(H,25,28)/t23-/m1/s1. The van der Waals surface area contributed by atoms with Gasteiger partial charge in [0.2, 0.25) is 0 Å². The van der Waals surface area contributed by atoms with E-state index in [2.05, 4.69) is 10.0 Å². The fourth-order valence-electron chi connectivity index (χ4n) is 3.24. The predicted molar refractivity (Wildman–Crippen MR) is 125 cm³/mol. The van der Waals surface area contributed by atoms with Gasteiger partial charge in [-0.05, 0) is 62.1 Å².